The summed E-state index contributed by atoms with van der Waals surface area (Å²) in [6.07, 6.45) is 4.18. The highest BCUT2D eigenvalue weighted by molar-refractivity contribution is 7.19. The van der Waals surface area contributed by atoms with Crippen molar-refractivity contribution in [2.24, 2.45) is 5.92 Å². The fourth-order valence-corrected chi connectivity index (χ4v) is 6.13. The maximum absolute atomic E-state index is 13.2. The number of amides is 2. The molecule has 2 amide bonds. The summed E-state index contributed by atoms with van der Waals surface area (Å²) in [6.45, 7) is 7.62. The van der Waals surface area contributed by atoms with Crippen molar-refractivity contribution in [1.29, 1.82) is 0 Å². The Labute approximate surface area is 215 Å². The van der Waals surface area contributed by atoms with Crippen molar-refractivity contribution in [1.82, 2.24) is 20.4 Å². The molecule has 0 bridgehead atoms. The number of hydrogen-bond acceptors (Lipinski definition) is 8. The first-order valence-corrected chi connectivity index (χ1v) is 13.8. The molecule has 194 valence electrons. The van der Waals surface area contributed by atoms with Crippen LogP contribution in [0.25, 0.3) is 0 Å². The Hall–Kier alpha value is -2.79. The van der Waals surface area contributed by atoms with Crippen LogP contribution in [-0.2, 0) is 9.59 Å². The highest BCUT2D eigenvalue weighted by atomic mass is 32.1. The zero-order valence-corrected chi connectivity index (χ0v) is 21.4. The zero-order chi connectivity index (χ0) is 24.9. The number of anilines is 3. The third kappa shape index (κ3) is 5.95. The molecule has 5 rings (SSSR count). The molecular weight excluding hydrogens is 481 g/mol. The van der Waals surface area contributed by atoms with E-state index < -0.39 is 0 Å². The van der Waals surface area contributed by atoms with Crippen LogP contribution in [0.3, 0.4) is 0 Å². The number of rotatable bonds is 8. The molecule has 1 atom stereocenters. The number of benzene rings is 1. The van der Waals surface area contributed by atoms with Crippen LogP contribution < -0.4 is 20.0 Å². The van der Waals surface area contributed by atoms with Gasteiger partial charge in [-0.05, 0) is 56.5 Å². The molecule has 3 aliphatic rings. The van der Waals surface area contributed by atoms with Crippen LogP contribution in [0.5, 0.6) is 0 Å². The minimum absolute atomic E-state index is 0.0567. The van der Waals surface area contributed by atoms with Crippen molar-refractivity contribution >= 4 is 39.1 Å². The number of aromatic nitrogens is 2. The van der Waals surface area contributed by atoms with E-state index in [0.29, 0.717) is 31.2 Å². The predicted octanol–water partition coefficient (Wildman–Crippen LogP) is 2.35. The number of nitrogens with zero attached hydrogens (tertiary/aromatic N) is 6. The second-order valence-electron chi connectivity index (χ2n) is 9.75. The normalized spacial score (nSPS) is 21.3. The number of carbonyl (C=O) groups excluding carboxylic acids is 2. The molecule has 3 saturated heterocycles. The van der Waals surface area contributed by atoms with Gasteiger partial charge in [0.15, 0.2) is 0 Å². The van der Waals surface area contributed by atoms with E-state index in [1.165, 1.54) is 23.5 Å². The van der Waals surface area contributed by atoms with Crippen molar-refractivity contribution in [3.63, 3.8) is 0 Å². The Morgan fingerprint density at radius 2 is 1.78 bits per heavy atom. The van der Waals surface area contributed by atoms with Crippen molar-refractivity contribution in [3.8, 4) is 0 Å². The summed E-state index contributed by atoms with van der Waals surface area (Å²) in [6, 6.07) is 6.70. The van der Waals surface area contributed by atoms with Crippen molar-refractivity contribution in [2.75, 3.05) is 73.6 Å². The van der Waals surface area contributed by atoms with Gasteiger partial charge in [-0.1, -0.05) is 11.3 Å². The van der Waals surface area contributed by atoms with Gasteiger partial charge in [0.05, 0.1) is 5.92 Å². The number of carbonyl (C=O) groups is 2. The molecule has 11 heteroatoms. The van der Waals surface area contributed by atoms with E-state index >= 15 is 0 Å². The molecule has 1 aromatic carbocycles. The fraction of sp³-hybridized carbons (Fsp3) is 0.600. The van der Waals surface area contributed by atoms with Crippen LogP contribution in [0.1, 0.15) is 32.1 Å². The maximum Gasteiger partial charge on any atom is 0.228 e. The second-order valence-corrected chi connectivity index (χ2v) is 10.7. The summed E-state index contributed by atoms with van der Waals surface area (Å²) in [5, 5.41) is 13.1. The van der Waals surface area contributed by atoms with Gasteiger partial charge in [-0.3, -0.25) is 19.4 Å². The van der Waals surface area contributed by atoms with Gasteiger partial charge in [-0.25, -0.2) is 4.39 Å². The number of piperazine rings is 1. The topological polar surface area (TPSA) is 84.9 Å². The van der Waals surface area contributed by atoms with Gasteiger partial charge in [-0.2, -0.15) is 0 Å². The Balaban J connectivity index is 1.01. The predicted molar refractivity (Wildman–Crippen MR) is 139 cm³/mol. The Morgan fingerprint density at radius 1 is 1.00 bits per heavy atom. The van der Waals surface area contributed by atoms with Gasteiger partial charge in [0, 0.05) is 64.5 Å². The summed E-state index contributed by atoms with van der Waals surface area (Å²) in [4.78, 5) is 33.4. The molecule has 36 heavy (non-hydrogen) atoms. The summed E-state index contributed by atoms with van der Waals surface area (Å²) in [5.74, 6) is -0.0349. The van der Waals surface area contributed by atoms with Gasteiger partial charge >= 0.3 is 0 Å². The molecule has 3 aliphatic heterocycles. The van der Waals surface area contributed by atoms with Crippen LogP contribution in [0.4, 0.5) is 20.3 Å². The molecular formula is C25H34FN7O2S. The van der Waals surface area contributed by atoms with E-state index in [2.05, 4.69) is 30.2 Å². The van der Waals surface area contributed by atoms with E-state index in [-0.39, 0.29) is 23.5 Å². The zero-order valence-electron chi connectivity index (χ0n) is 20.6. The minimum Gasteiger partial charge on any atom is -0.369 e. The van der Waals surface area contributed by atoms with E-state index in [0.717, 1.165) is 75.8 Å². The summed E-state index contributed by atoms with van der Waals surface area (Å²) in [5.41, 5.74) is 1.07. The molecule has 0 aliphatic carbocycles. The molecule has 9 nitrogen and oxygen atoms in total. The first kappa shape index (κ1) is 24.9. The van der Waals surface area contributed by atoms with Crippen molar-refractivity contribution in [3.05, 3.63) is 30.1 Å². The monoisotopic (exact) mass is 515 g/mol. The molecule has 0 saturated carbocycles. The fourth-order valence-electron chi connectivity index (χ4n) is 5.20. The van der Waals surface area contributed by atoms with Crippen LogP contribution in [0.2, 0.25) is 0 Å². The quantitative estimate of drug-likeness (QED) is 0.541. The summed E-state index contributed by atoms with van der Waals surface area (Å²) < 4.78 is 13.2. The lowest BCUT2D eigenvalue weighted by Gasteiger charge is -2.36. The van der Waals surface area contributed by atoms with Gasteiger partial charge in [0.25, 0.3) is 0 Å². The van der Waals surface area contributed by atoms with Crippen LogP contribution in [0, 0.1) is 11.7 Å². The first-order chi connectivity index (χ1) is 17.6. The smallest absolute Gasteiger partial charge is 0.228 e. The van der Waals surface area contributed by atoms with Crippen LogP contribution >= 0.6 is 11.3 Å². The number of hydrogen-bond donors (Lipinski definition) is 1. The average molecular weight is 516 g/mol. The molecule has 0 radical (unpaired) electrons. The number of nitrogens with one attached hydrogen (secondary N) is 1. The Kier molecular flexibility index (Phi) is 7.96. The Bertz CT molecular complexity index is 1040. The standard InChI is InChI=1S/C25H34FN7O2S/c26-20-6-8-21(9-7-20)31-16-14-30(15-17-31)11-3-10-27-23(35)19-4-1-12-32(18-19)24-28-29-25(36-24)33-13-2-5-22(33)34/h6-9,19H,1-5,10-18H2,(H,27,35). The van der Waals surface area contributed by atoms with Gasteiger partial charge in [-0.15, -0.1) is 10.2 Å². The summed E-state index contributed by atoms with van der Waals surface area (Å²) >= 11 is 1.44. The lowest BCUT2D eigenvalue weighted by atomic mass is 9.97. The van der Waals surface area contributed by atoms with Crippen molar-refractivity contribution in [2.45, 2.75) is 32.1 Å². The highest BCUT2D eigenvalue weighted by Crippen LogP contribution is 2.32. The lowest BCUT2D eigenvalue weighted by Crippen LogP contribution is -2.47. The first-order valence-electron chi connectivity index (χ1n) is 13.0. The Morgan fingerprint density at radius 3 is 2.53 bits per heavy atom. The number of halogens is 1. The molecule has 1 unspecified atom stereocenters. The van der Waals surface area contributed by atoms with E-state index in [1.807, 2.05) is 12.1 Å². The van der Waals surface area contributed by atoms with E-state index in [4.69, 9.17) is 0 Å². The van der Waals surface area contributed by atoms with Gasteiger partial charge in [0.2, 0.25) is 22.1 Å². The summed E-state index contributed by atoms with van der Waals surface area (Å²) in [7, 11) is 0. The maximum atomic E-state index is 13.2. The van der Waals surface area contributed by atoms with Crippen LogP contribution in [-0.4, -0.2) is 85.8 Å². The van der Waals surface area contributed by atoms with Gasteiger partial charge < -0.3 is 15.1 Å². The SMILES string of the molecule is O=C(NCCCN1CCN(c2ccc(F)cc2)CC1)C1CCCN(c2nnc(N3CCCC3=O)s2)C1. The molecule has 1 aromatic heterocycles. The third-order valence-corrected chi connectivity index (χ3v) is 8.29. The largest absolute Gasteiger partial charge is 0.369 e. The van der Waals surface area contributed by atoms with E-state index in [1.54, 1.807) is 4.90 Å². The lowest BCUT2D eigenvalue weighted by molar-refractivity contribution is -0.125. The number of piperidine rings is 1. The molecule has 3 fully saturated rings. The van der Waals surface area contributed by atoms with Crippen LogP contribution in [0.15, 0.2) is 24.3 Å². The molecule has 4 heterocycles. The highest BCUT2D eigenvalue weighted by Gasteiger charge is 2.30. The average Bonchev–Trinajstić information content (AvgIpc) is 3.56. The van der Waals surface area contributed by atoms with E-state index in [9.17, 15) is 14.0 Å². The van der Waals surface area contributed by atoms with Gasteiger partial charge in [0.1, 0.15) is 5.82 Å². The minimum atomic E-state index is -0.204. The molecule has 0 spiro atoms. The second kappa shape index (κ2) is 11.5. The third-order valence-electron chi connectivity index (χ3n) is 7.29. The molecule has 1 N–H and O–H groups in total. The molecule has 2 aromatic rings. The van der Waals surface area contributed by atoms with Crippen molar-refractivity contribution < 1.29 is 14.0 Å².